The van der Waals surface area contributed by atoms with Gasteiger partial charge in [-0.25, -0.2) is 4.79 Å². The highest BCUT2D eigenvalue weighted by Gasteiger charge is 2.66. The molecule has 6 nitrogen and oxygen atoms in total. The van der Waals surface area contributed by atoms with Gasteiger partial charge in [0.2, 0.25) is 5.91 Å². The van der Waals surface area contributed by atoms with E-state index in [0.717, 1.165) is 16.0 Å². The maximum atomic E-state index is 13.8. The minimum absolute atomic E-state index is 0.113. The first kappa shape index (κ1) is 24.2. The summed E-state index contributed by atoms with van der Waals surface area (Å²) < 4.78 is 6.11. The molecular weight excluding hydrogens is 450 g/mol. The molecule has 34 heavy (non-hydrogen) atoms. The summed E-state index contributed by atoms with van der Waals surface area (Å²) in [6.07, 6.45) is -0.749. The Bertz CT molecular complexity index is 1060. The number of hydrogen-bond acceptors (Lipinski definition) is 6. The minimum Gasteiger partial charge on any atom is -0.449 e. The van der Waals surface area contributed by atoms with Crippen LogP contribution < -0.4 is 5.32 Å². The van der Waals surface area contributed by atoms with E-state index in [2.05, 4.69) is 5.32 Å². The summed E-state index contributed by atoms with van der Waals surface area (Å²) in [6, 6.07) is 19.0. The van der Waals surface area contributed by atoms with Crippen molar-refractivity contribution in [3.05, 3.63) is 82.3 Å². The van der Waals surface area contributed by atoms with Gasteiger partial charge in [-0.2, -0.15) is 0 Å². The number of hydrogen-bond donors (Lipinski definition) is 2. The minimum atomic E-state index is -1.22. The van der Waals surface area contributed by atoms with Gasteiger partial charge < -0.3 is 15.2 Å². The summed E-state index contributed by atoms with van der Waals surface area (Å²) >= 11 is 1.45. The van der Waals surface area contributed by atoms with Gasteiger partial charge in [0, 0.05) is 25.6 Å². The standard InChI is InChI=1S/C27H29NO5S/c1-17(29)27-21(16-23(27)31)15-22(34-14-13-28-18(2)30)24(27)26(32)33-25(19-9-5-3-6-10-19)20-11-7-4-8-12-20/h3-12,17,21,25,29H,13-16H2,1-2H3,(H,28,30). The van der Waals surface area contributed by atoms with Crippen LogP contribution >= 0.6 is 11.8 Å². The Labute approximate surface area is 203 Å². The number of allylic oxidation sites excluding steroid dienone is 1. The maximum Gasteiger partial charge on any atom is 0.336 e. The third-order valence-corrected chi connectivity index (χ3v) is 7.83. The van der Waals surface area contributed by atoms with Gasteiger partial charge in [0.1, 0.15) is 5.78 Å². The molecule has 0 saturated heterocycles. The van der Waals surface area contributed by atoms with Crippen molar-refractivity contribution in [2.75, 3.05) is 12.3 Å². The number of thioether (sulfide) groups is 1. The van der Waals surface area contributed by atoms with Crippen molar-refractivity contribution >= 4 is 29.4 Å². The van der Waals surface area contributed by atoms with Gasteiger partial charge in [0.15, 0.2) is 6.10 Å². The van der Waals surface area contributed by atoms with Gasteiger partial charge in [0.25, 0.3) is 0 Å². The summed E-state index contributed by atoms with van der Waals surface area (Å²) in [5, 5.41) is 13.5. The highest BCUT2D eigenvalue weighted by Crippen LogP contribution is 2.62. The third kappa shape index (κ3) is 4.42. The highest BCUT2D eigenvalue weighted by molar-refractivity contribution is 8.03. The Balaban J connectivity index is 1.68. The molecular formula is C27H29NO5S. The van der Waals surface area contributed by atoms with E-state index >= 15 is 0 Å². The number of benzene rings is 2. The van der Waals surface area contributed by atoms with Crippen molar-refractivity contribution in [1.29, 1.82) is 0 Å². The molecule has 3 unspecified atom stereocenters. The van der Waals surface area contributed by atoms with Gasteiger partial charge in [-0.05, 0) is 35.3 Å². The van der Waals surface area contributed by atoms with E-state index in [1.54, 1.807) is 6.92 Å². The number of aliphatic hydroxyl groups is 1. The Morgan fingerprint density at radius 3 is 2.18 bits per heavy atom. The fourth-order valence-corrected chi connectivity index (χ4v) is 6.30. The van der Waals surface area contributed by atoms with E-state index in [-0.39, 0.29) is 23.2 Å². The topological polar surface area (TPSA) is 92.7 Å². The summed E-state index contributed by atoms with van der Waals surface area (Å²) in [6.45, 7) is 3.48. The predicted octanol–water partition coefficient (Wildman–Crippen LogP) is 3.80. The average Bonchev–Trinajstić information content (AvgIpc) is 3.09. The molecule has 0 bridgehead atoms. The fraction of sp³-hybridized carbons (Fsp3) is 0.370. The Morgan fingerprint density at radius 1 is 1.09 bits per heavy atom. The predicted molar refractivity (Wildman–Crippen MR) is 131 cm³/mol. The SMILES string of the molecule is CC(=O)NCCSC1=C(C(=O)OC(c2ccccc2)c2ccccc2)C2(C(C)O)C(=O)CC2C1. The lowest BCUT2D eigenvalue weighted by atomic mass is 9.55. The first-order valence-electron chi connectivity index (χ1n) is 11.5. The summed E-state index contributed by atoms with van der Waals surface area (Å²) in [5.74, 6) is -0.366. The molecule has 0 aromatic heterocycles. The molecule has 1 saturated carbocycles. The molecule has 3 atom stereocenters. The van der Waals surface area contributed by atoms with Crippen LogP contribution in [0.2, 0.25) is 0 Å². The molecule has 1 fully saturated rings. The normalized spacial score (nSPS) is 22.2. The lowest BCUT2D eigenvalue weighted by Gasteiger charge is -2.46. The van der Waals surface area contributed by atoms with Crippen molar-refractivity contribution in [3.63, 3.8) is 0 Å². The molecule has 2 aliphatic carbocycles. The Kier molecular flexibility index (Phi) is 7.24. The van der Waals surface area contributed by atoms with E-state index in [1.807, 2.05) is 60.7 Å². The lowest BCUT2D eigenvalue weighted by molar-refractivity contribution is -0.158. The molecule has 178 valence electrons. The number of Topliss-reactive ketones (excluding diaryl/α,β-unsaturated/α-hetero) is 1. The van der Waals surface area contributed by atoms with Crippen LogP contribution in [0.5, 0.6) is 0 Å². The largest absolute Gasteiger partial charge is 0.449 e. The van der Waals surface area contributed by atoms with E-state index in [0.29, 0.717) is 25.1 Å². The maximum absolute atomic E-state index is 13.8. The van der Waals surface area contributed by atoms with Crippen molar-refractivity contribution in [1.82, 2.24) is 5.32 Å². The number of fused-ring (bicyclic) bond motifs is 1. The number of amides is 1. The first-order chi connectivity index (χ1) is 16.4. The molecule has 1 amide bonds. The Morgan fingerprint density at radius 2 is 1.68 bits per heavy atom. The molecule has 0 heterocycles. The van der Waals surface area contributed by atoms with Crippen LogP contribution in [0, 0.1) is 11.3 Å². The quantitative estimate of drug-likeness (QED) is 0.420. The van der Waals surface area contributed by atoms with Crippen molar-refractivity contribution in [2.45, 2.75) is 38.9 Å². The average molecular weight is 480 g/mol. The molecule has 2 aromatic carbocycles. The van der Waals surface area contributed by atoms with E-state index < -0.39 is 23.6 Å². The van der Waals surface area contributed by atoms with Gasteiger partial charge in [-0.1, -0.05) is 60.7 Å². The summed E-state index contributed by atoms with van der Waals surface area (Å²) in [4.78, 5) is 38.7. The zero-order chi connectivity index (χ0) is 24.3. The smallest absolute Gasteiger partial charge is 0.336 e. The van der Waals surface area contributed by atoms with E-state index in [9.17, 15) is 19.5 Å². The second kappa shape index (κ2) is 10.2. The number of carbonyl (C=O) groups excluding carboxylic acids is 3. The van der Waals surface area contributed by atoms with Gasteiger partial charge in [-0.3, -0.25) is 9.59 Å². The highest BCUT2D eigenvalue weighted by atomic mass is 32.2. The second-order valence-corrected chi connectivity index (χ2v) is 10.00. The van der Waals surface area contributed by atoms with Gasteiger partial charge >= 0.3 is 5.97 Å². The monoisotopic (exact) mass is 479 g/mol. The van der Waals surface area contributed by atoms with Crippen molar-refractivity contribution < 1.29 is 24.2 Å². The third-order valence-electron chi connectivity index (χ3n) is 6.71. The van der Waals surface area contributed by atoms with Crippen LogP contribution in [-0.2, 0) is 19.1 Å². The van der Waals surface area contributed by atoms with Crippen molar-refractivity contribution in [2.24, 2.45) is 11.3 Å². The molecule has 0 aliphatic heterocycles. The van der Waals surface area contributed by atoms with E-state index in [1.165, 1.54) is 18.7 Å². The molecule has 0 spiro atoms. The van der Waals surface area contributed by atoms with Crippen LogP contribution in [0.4, 0.5) is 0 Å². The number of carbonyl (C=O) groups is 3. The summed E-state index contributed by atoms with van der Waals surface area (Å²) in [5.41, 5.74) is 0.713. The van der Waals surface area contributed by atoms with Gasteiger partial charge in [0.05, 0.1) is 17.1 Å². The van der Waals surface area contributed by atoms with Crippen LogP contribution in [-0.4, -0.2) is 41.2 Å². The molecule has 7 heteroatoms. The van der Waals surface area contributed by atoms with Crippen LogP contribution in [0.1, 0.15) is 43.9 Å². The number of nitrogens with one attached hydrogen (secondary N) is 1. The summed E-state index contributed by atoms with van der Waals surface area (Å²) in [7, 11) is 0. The van der Waals surface area contributed by atoms with Crippen LogP contribution in [0.3, 0.4) is 0 Å². The van der Waals surface area contributed by atoms with Crippen LogP contribution in [0.25, 0.3) is 0 Å². The zero-order valence-corrected chi connectivity index (χ0v) is 20.1. The second-order valence-electron chi connectivity index (χ2n) is 8.81. The van der Waals surface area contributed by atoms with Crippen LogP contribution in [0.15, 0.2) is 71.1 Å². The molecule has 2 aromatic rings. The lowest BCUT2D eigenvalue weighted by Crippen LogP contribution is -2.56. The van der Waals surface area contributed by atoms with Gasteiger partial charge in [-0.15, -0.1) is 11.8 Å². The number of esters is 1. The number of aliphatic hydroxyl groups excluding tert-OH is 1. The molecule has 2 aliphatic rings. The number of rotatable bonds is 9. The number of ether oxygens (including phenoxy) is 1. The fourth-order valence-electron chi connectivity index (χ4n) is 5.13. The molecule has 2 N–H and O–H groups in total. The number of ketones is 1. The molecule has 0 radical (unpaired) electrons. The molecule has 4 rings (SSSR count). The van der Waals surface area contributed by atoms with E-state index in [4.69, 9.17) is 4.74 Å². The first-order valence-corrected chi connectivity index (χ1v) is 12.5. The van der Waals surface area contributed by atoms with Crippen molar-refractivity contribution in [3.8, 4) is 0 Å². The Hall–Kier alpha value is -2.90. The zero-order valence-electron chi connectivity index (χ0n) is 19.3.